The van der Waals surface area contributed by atoms with Crippen molar-refractivity contribution in [1.82, 2.24) is 9.78 Å². The number of carbonyl (C=O) groups is 1. The van der Waals surface area contributed by atoms with E-state index in [-0.39, 0.29) is 5.97 Å². The highest BCUT2D eigenvalue weighted by Gasteiger charge is 2.10. The zero-order valence-corrected chi connectivity index (χ0v) is 10.5. The highest BCUT2D eigenvalue weighted by molar-refractivity contribution is 5.88. The molecule has 5 heteroatoms. The standard InChI is InChI=1S/C14H13N3O2/c1-2-19-14(18)13-8-16-17(10-13)9-12-6-4-3-5-11(12)7-15/h3-6,8,10H,2,9H2,1H3. The van der Waals surface area contributed by atoms with Crippen molar-refractivity contribution in [2.75, 3.05) is 6.61 Å². The maximum atomic E-state index is 11.5. The molecule has 5 nitrogen and oxygen atoms in total. The summed E-state index contributed by atoms with van der Waals surface area (Å²) in [7, 11) is 0. The smallest absolute Gasteiger partial charge is 0.341 e. The van der Waals surface area contributed by atoms with Gasteiger partial charge in [-0.3, -0.25) is 4.68 Å². The average molecular weight is 255 g/mol. The summed E-state index contributed by atoms with van der Waals surface area (Å²) in [6, 6.07) is 9.44. The maximum absolute atomic E-state index is 11.5. The Kier molecular flexibility index (Phi) is 3.94. The monoisotopic (exact) mass is 255 g/mol. The van der Waals surface area contributed by atoms with Gasteiger partial charge in [0.2, 0.25) is 0 Å². The first-order valence-electron chi connectivity index (χ1n) is 5.92. The van der Waals surface area contributed by atoms with Crippen molar-refractivity contribution in [2.24, 2.45) is 0 Å². The van der Waals surface area contributed by atoms with E-state index in [4.69, 9.17) is 10.00 Å². The van der Waals surface area contributed by atoms with E-state index in [2.05, 4.69) is 11.2 Å². The molecule has 0 aliphatic rings. The third kappa shape index (κ3) is 2.99. The number of hydrogen-bond acceptors (Lipinski definition) is 4. The first-order chi connectivity index (χ1) is 9.24. The van der Waals surface area contributed by atoms with Gasteiger partial charge in [0.05, 0.1) is 36.5 Å². The second-order valence-electron chi connectivity index (χ2n) is 3.92. The predicted octanol–water partition coefficient (Wildman–Crippen LogP) is 1.98. The number of carbonyl (C=O) groups excluding carboxylic acids is 1. The van der Waals surface area contributed by atoms with Crippen LogP contribution in [0.15, 0.2) is 36.7 Å². The molecule has 0 fully saturated rings. The molecule has 2 rings (SSSR count). The molecule has 2 aromatic rings. The van der Waals surface area contributed by atoms with Gasteiger partial charge >= 0.3 is 5.97 Å². The van der Waals surface area contributed by atoms with E-state index in [0.29, 0.717) is 24.3 Å². The molecule has 1 aromatic heterocycles. The topological polar surface area (TPSA) is 67.9 Å². The quantitative estimate of drug-likeness (QED) is 0.783. The minimum absolute atomic E-state index is 0.335. The highest BCUT2D eigenvalue weighted by atomic mass is 16.5. The van der Waals surface area contributed by atoms with Crippen LogP contribution in [0, 0.1) is 11.3 Å². The first kappa shape index (κ1) is 12.8. The normalized spacial score (nSPS) is 9.89. The molecule has 0 N–H and O–H groups in total. The Morgan fingerprint density at radius 2 is 2.26 bits per heavy atom. The molecule has 0 aliphatic heterocycles. The zero-order chi connectivity index (χ0) is 13.7. The summed E-state index contributed by atoms with van der Waals surface area (Å²) in [5.41, 5.74) is 1.88. The summed E-state index contributed by atoms with van der Waals surface area (Å²) in [5.74, 6) is -0.387. The zero-order valence-electron chi connectivity index (χ0n) is 10.5. The van der Waals surface area contributed by atoms with E-state index in [1.54, 1.807) is 23.9 Å². The summed E-state index contributed by atoms with van der Waals surface area (Å²) in [6.07, 6.45) is 3.08. The van der Waals surface area contributed by atoms with Crippen molar-refractivity contribution >= 4 is 5.97 Å². The summed E-state index contributed by atoms with van der Waals surface area (Å²) < 4.78 is 6.51. The molecule has 0 amide bonds. The first-order valence-corrected chi connectivity index (χ1v) is 5.92. The maximum Gasteiger partial charge on any atom is 0.341 e. The Labute approximate surface area is 111 Å². The number of nitriles is 1. The number of benzene rings is 1. The number of ether oxygens (including phenoxy) is 1. The number of aromatic nitrogens is 2. The van der Waals surface area contributed by atoms with E-state index >= 15 is 0 Å². The summed E-state index contributed by atoms with van der Waals surface area (Å²) in [6.45, 7) is 2.54. The molecule has 0 saturated heterocycles. The minimum Gasteiger partial charge on any atom is -0.462 e. The van der Waals surface area contributed by atoms with Crippen molar-refractivity contribution in [3.05, 3.63) is 53.3 Å². The van der Waals surface area contributed by atoms with Crippen molar-refractivity contribution in [2.45, 2.75) is 13.5 Å². The summed E-state index contributed by atoms with van der Waals surface area (Å²) in [5, 5.41) is 13.1. The second-order valence-corrected chi connectivity index (χ2v) is 3.92. The van der Waals surface area contributed by atoms with Gasteiger partial charge in [0.15, 0.2) is 0 Å². The lowest BCUT2D eigenvalue weighted by molar-refractivity contribution is 0.0526. The van der Waals surface area contributed by atoms with E-state index < -0.39 is 0 Å². The van der Waals surface area contributed by atoms with Crippen LogP contribution in [0.1, 0.15) is 28.4 Å². The van der Waals surface area contributed by atoms with Crippen LogP contribution in [0.3, 0.4) is 0 Å². The van der Waals surface area contributed by atoms with E-state index in [1.807, 2.05) is 18.2 Å². The molecule has 0 saturated carbocycles. The van der Waals surface area contributed by atoms with Gasteiger partial charge in [0.1, 0.15) is 0 Å². The number of esters is 1. The third-order valence-electron chi connectivity index (χ3n) is 2.61. The van der Waals surface area contributed by atoms with Crippen LogP contribution in [0.5, 0.6) is 0 Å². The Morgan fingerprint density at radius 3 is 3.00 bits per heavy atom. The van der Waals surface area contributed by atoms with Gasteiger partial charge in [-0.1, -0.05) is 18.2 Å². The molecule has 19 heavy (non-hydrogen) atoms. The molecular formula is C14H13N3O2. The molecule has 0 spiro atoms. The van der Waals surface area contributed by atoms with Crippen molar-refractivity contribution < 1.29 is 9.53 Å². The van der Waals surface area contributed by atoms with Crippen LogP contribution in [0.4, 0.5) is 0 Å². The van der Waals surface area contributed by atoms with Crippen LogP contribution in [0.25, 0.3) is 0 Å². The number of nitrogens with zero attached hydrogens (tertiary/aromatic N) is 3. The molecular weight excluding hydrogens is 242 g/mol. The fraction of sp³-hybridized carbons (Fsp3) is 0.214. The van der Waals surface area contributed by atoms with Crippen LogP contribution in [-0.4, -0.2) is 22.4 Å². The second kappa shape index (κ2) is 5.83. The van der Waals surface area contributed by atoms with Gasteiger partial charge in [-0.05, 0) is 18.6 Å². The molecule has 1 aromatic carbocycles. The van der Waals surface area contributed by atoms with Gasteiger partial charge in [-0.25, -0.2) is 4.79 Å². The molecule has 1 heterocycles. The van der Waals surface area contributed by atoms with Gasteiger partial charge in [0.25, 0.3) is 0 Å². The van der Waals surface area contributed by atoms with E-state index in [9.17, 15) is 4.79 Å². The molecule has 0 unspecified atom stereocenters. The van der Waals surface area contributed by atoms with Gasteiger partial charge < -0.3 is 4.74 Å². The highest BCUT2D eigenvalue weighted by Crippen LogP contribution is 2.10. The van der Waals surface area contributed by atoms with Crippen molar-refractivity contribution in [1.29, 1.82) is 5.26 Å². The Balaban J connectivity index is 2.16. The van der Waals surface area contributed by atoms with Crippen molar-refractivity contribution in [3.8, 4) is 6.07 Å². The number of hydrogen-bond donors (Lipinski definition) is 0. The number of rotatable bonds is 4. The lowest BCUT2D eigenvalue weighted by atomic mass is 10.1. The largest absolute Gasteiger partial charge is 0.462 e. The molecule has 0 radical (unpaired) electrons. The van der Waals surface area contributed by atoms with E-state index in [0.717, 1.165) is 5.56 Å². The van der Waals surface area contributed by atoms with Gasteiger partial charge in [0, 0.05) is 6.20 Å². The van der Waals surface area contributed by atoms with E-state index in [1.165, 1.54) is 6.20 Å². The van der Waals surface area contributed by atoms with Crippen LogP contribution in [0.2, 0.25) is 0 Å². The fourth-order valence-corrected chi connectivity index (χ4v) is 1.71. The van der Waals surface area contributed by atoms with Crippen molar-refractivity contribution in [3.63, 3.8) is 0 Å². The summed E-state index contributed by atoms with van der Waals surface area (Å²) >= 11 is 0. The molecule has 96 valence electrons. The van der Waals surface area contributed by atoms with Gasteiger partial charge in [-0.15, -0.1) is 0 Å². The van der Waals surface area contributed by atoms with Crippen LogP contribution < -0.4 is 0 Å². The van der Waals surface area contributed by atoms with Crippen LogP contribution >= 0.6 is 0 Å². The lowest BCUT2D eigenvalue weighted by Gasteiger charge is -2.03. The van der Waals surface area contributed by atoms with Crippen LogP contribution in [-0.2, 0) is 11.3 Å². The molecule has 0 atom stereocenters. The molecule has 0 bridgehead atoms. The Bertz CT molecular complexity index is 626. The summed E-state index contributed by atoms with van der Waals surface area (Å²) in [4.78, 5) is 11.5. The predicted molar refractivity (Wildman–Crippen MR) is 68.4 cm³/mol. The third-order valence-corrected chi connectivity index (χ3v) is 2.61. The average Bonchev–Trinajstić information content (AvgIpc) is 2.88. The minimum atomic E-state index is -0.387. The molecule has 0 aliphatic carbocycles. The SMILES string of the molecule is CCOC(=O)c1cnn(Cc2ccccc2C#N)c1. The Hall–Kier alpha value is -2.61. The Morgan fingerprint density at radius 1 is 1.47 bits per heavy atom. The fourth-order valence-electron chi connectivity index (χ4n) is 1.71. The van der Waals surface area contributed by atoms with Gasteiger partial charge in [-0.2, -0.15) is 10.4 Å². The lowest BCUT2D eigenvalue weighted by Crippen LogP contribution is -2.04.